The van der Waals surface area contributed by atoms with Gasteiger partial charge in [-0.2, -0.15) is 18.3 Å². The topological polar surface area (TPSA) is 145 Å². The Hall–Kier alpha value is -4.78. The zero-order valence-corrected chi connectivity index (χ0v) is 17.8. The molecule has 0 radical (unpaired) electrons. The second kappa shape index (κ2) is 9.23. The van der Waals surface area contributed by atoms with Gasteiger partial charge in [0, 0.05) is 35.1 Å². The number of anilines is 2. The predicted octanol–water partition coefficient (Wildman–Crippen LogP) is 4.20. The summed E-state index contributed by atoms with van der Waals surface area (Å²) in [6.07, 6.45) is 1.04. The highest BCUT2D eigenvalue weighted by atomic mass is 19.4. The number of nitrogens with one attached hydrogen (secondary N) is 1. The number of aromatic nitrogens is 3. The van der Waals surface area contributed by atoms with Crippen LogP contribution in [-0.2, 0) is 6.18 Å². The van der Waals surface area contributed by atoms with Gasteiger partial charge in [-0.3, -0.25) is 14.8 Å². The van der Waals surface area contributed by atoms with Crippen LogP contribution in [0.25, 0.3) is 16.5 Å². The molecule has 0 aliphatic carbocycles. The maximum Gasteiger partial charge on any atom is 0.434 e. The summed E-state index contributed by atoms with van der Waals surface area (Å²) in [7, 11) is 0. The van der Waals surface area contributed by atoms with E-state index in [4.69, 9.17) is 11.6 Å². The van der Waals surface area contributed by atoms with Gasteiger partial charge in [-0.15, -0.1) is 4.91 Å². The Kier molecular flexibility index (Phi) is 6.16. The Bertz CT molecular complexity index is 1440. The number of rotatable bonds is 6. The van der Waals surface area contributed by atoms with E-state index in [9.17, 15) is 22.9 Å². The summed E-state index contributed by atoms with van der Waals surface area (Å²) in [6, 6.07) is 10.6. The van der Waals surface area contributed by atoms with E-state index in [-0.39, 0.29) is 22.7 Å². The molecular formula is C22H17F3N8O2. The van der Waals surface area contributed by atoms with Gasteiger partial charge < -0.3 is 11.1 Å². The molecule has 178 valence electrons. The molecule has 2 heterocycles. The van der Waals surface area contributed by atoms with Crippen molar-refractivity contribution >= 4 is 33.7 Å². The van der Waals surface area contributed by atoms with Crippen LogP contribution in [0.5, 0.6) is 0 Å². The molecule has 0 bridgehead atoms. The number of pyridine rings is 1. The number of nitrogens with two attached hydrogens (primary N) is 2. The summed E-state index contributed by atoms with van der Waals surface area (Å²) in [5.41, 5.74) is 3.34. The second-order valence-corrected chi connectivity index (χ2v) is 7.19. The number of amides is 1. The van der Waals surface area contributed by atoms with Crippen LogP contribution in [0.3, 0.4) is 0 Å². The van der Waals surface area contributed by atoms with Crippen molar-refractivity contribution in [2.24, 2.45) is 16.8 Å². The van der Waals surface area contributed by atoms with Crippen LogP contribution in [-0.4, -0.2) is 20.7 Å². The maximum absolute atomic E-state index is 14.1. The van der Waals surface area contributed by atoms with Crippen molar-refractivity contribution in [3.8, 4) is 5.69 Å². The van der Waals surface area contributed by atoms with Gasteiger partial charge in [0.1, 0.15) is 5.69 Å². The number of hydrogen-bond donors (Lipinski definition) is 3. The highest BCUT2D eigenvalue weighted by molar-refractivity contribution is 6.05. The van der Waals surface area contributed by atoms with Crippen LogP contribution in [0.1, 0.15) is 16.1 Å². The number of halogens is 3. The average molecular weight is 482 g/mol. The van der Waals surface area contributed by atoms with Gasteiger partial charge in [-0.05, 0) is 23.4 Å². The minimum Gasteiger partial charge on any atom is -0.403 e. The number of nitrogens with zero attached hydrogens (tertiary/aromatic N) is 5. The van der Waals surface area contributed by atoms with Crippen LogP contribution >= 0.6 is 0 Å². The lowest BCUT2D eigenvalue weighted by Crippen LogP contribution is -2.24. The molecule has 0 saturated heterocycles. The van der Waals surface area contributed by atoms with Crippen molar-refractivity contribution in [1.82, 2.24) is 14.8 Å². The van der Waals surface area contributed by atoms with Crippen LogP contribution in [0, 0.1) is 4.91 Å². The lowest BCUT2D eigenvalue weighted by molar-refractivity contribution is -0.143. The SMILES string of the molecule is N/C=C\N(N)c1ccc(NC(=O)c2cnn(-c3cncc4ccccc34)c2C(F)(F)F)cc1N=O. The number of hydrogen-bond acceptors (Lipinski definition) is 8. The third kappa shape index (κ3) is 4.52. The molecule has 0 spiro atoms. The molecule has 0 atom stereocenters. The number of nitroso groups, excluding NO2 is 1. The van der Waals surface area contributed by atoms with Crippen LogP contribution in [0.4, 0.5) is 30.2 Å². The first kappa shape index (κ1) is 23.4. The zero-order chi connectivity index (χ0) is 25.2. The molecule has 0 unspecified atom stereocenters. The lowest BCUT2D eigenvalue weighted by atomic mass is 10.1. The quantitative estimate of drug-likeness (QED) is 0.212. The van der Waals surface area contributed by atoms with Crippen LogP contribution in [0.2, 0.25) is 0 Å². The Morgan fingerprint density at radius 2 is 1.91 bits per heavy atom. The summed E-state index contributed by atoms with van der Waals surface area (Å²) in [4.78, 5) is 28.1. The fraction of sp³-hybridized carbons (Fsp3) is 0.0455. The molecular weight excluding hydrogens is 465 g/mol. The van der Waals surface area contributed by atoms with Gasteiger partial charge >= 0.3 is 6.18 Å². The summed E-state index contributed by atoms with van der Waals surface area (Å²) >= 11 is 0. The van der Waals surface area contributed by atoms with E-state index in [2.05, 4.69) is 20.6 Å². The van der Waals surface area contributed by atoms with Gasteiger partial charge in [0.2, 0.25) is 0 Å². The molecule has 2 aromatic carbocycles. The molecule has 0 fully saturated rings. The molecule has 35 heavy (non-hydrogen) atoms. The fourth-order valence-corrected chi connectivity index (χ4v) is 3.50. The summed E-state index contributed by atoms with van der Waals surface area (Å²) in [5, 5.41) is 11.1. The van der Waals surface area contributed by atoms with E-state index in [0.717, 1.165) is 23.5 Å². The number of benzene rings is 2. The van der Waals surface area contributed by atoms with Crippen molar-refractivity contribution < 1.29 is 18.0 Å². The number of alkyl halides is 3. The summed E-state index contributed by atoms with van der Waals surface area (Å²) < 4.78 is 43.0. The molecule has 2 aromatic heterocycles. The molecule has 10 nitrogen and oxygen atoms in total. The fourth-order valence-electron chi connectivity index (χ4n) is 3.50. The molecule has 0 aliphatic rings. The first-order valence-electron chi connectivity index (χ1n) is 9.94. The Labute approximate surface area is 195 Å². The molecule has 4 rings (SSSR count). The van der Waals surface area contributed by atoms with Crippen molar-refractivity contribution in [3.63, 3.8) is 0 Å². The predicted molar refractivity (Wildman–Crippen MR) is 124 cm³/mol. The lowest BCUT2D eigenvalue weighted by Gasteiger charge is -2.16. The van der Waals surface area contributed by atoms with Crippen molar-refractivity contribution in [1.29, 1.82) is 0 Å². The highest BCUT2D eigenvalue weighted by Crippen LogP contribution is 2.36. The Balaban J connectivity index is 1.74. The van der Waals surface area contributed by atoms with Gasteiger partial charge in [0.05, 0.1) is 29.3 Å². The van der Waals surface area contributed by atoms with Gasteiger partial charge in [-0.25, -0.2) is 10.5 Å². The third-order valence-electron chi connectivity index (χ3n) is 5.01. The summed E-state index contributed by atoms with van der Waals surface area (Å²) in [6.45, 7) is 0. The molecule has 13 heteroatoms. The number of carbonyl (C=O) groups is 1. The molecule has 0 saturated carbocycles. The average Bonchev–Trinajstić information content (AvgIpc) is 3.30. The van der Waals surface area contributed by atoms with Gasteiger partial charge in [-0.1, -0.05) is 24.3 Å². The van der Waals surface area contributed by atoms with Crippen molar-refractivity contribution in [2.75, 3.05) is 10.3 Å². The number of fused-ring (bicyclic) bond motifs is 1. The maximum atomic E-state index is 14.1. The first-order chi connectivity index (χ1) is 16.7. The van der Waals surface area contributed by atoms with Crippen LogP contribution < -0.4 is 21.9 Å². The van der Waals surface area contributed by atoms with E-state index in [1.165, 1.54) is 30.7 Å². The largest absolute Gasteiger partial charge is 0.434 e. The minimum absolute atomic E-state index is 0.0196. The molecule has 0 aliphatic heterocycles. The summed E-state index contributed by atoms with van der Waals surface area (Å²) in [5.74, 6) is 4.64. The Morgan fingerprint density at radius 1 is 1.14 bits per heavy atom. The third-order valence-corrected chi connectivity index (χ3v) is 5.01. The van der Waals surface area contributed by atoms with Crippen molar-refractivity contribution in [2.45, 2.75) is 6.18 Å². The highest BCUT2D eigenvalue weighted by Gasteiger charge is 2.41. The number of hydrazine groups is 1. The molecule has 4 aromatic rings. The van der Waals surface area contributed by atoms with E-state index >= 15 is 0 Å². The van der Waals surface area contributed by atoms with E-state index in [1.54, 1.807) is 24.3 Å². The van der Waals surface area contributed by atoms with Crippen molar-refractivity contribution in [3.05, 3.63) is 89.6 Å². The smallest absolute Gasteiger partial charge is 0.403 e. The van der Waals surface area contributed by atoms with E-state index in [1.807, 2.05) is 0 Å². The van der Waals surface area contributed by atoms with E-state index < -0.39 is 23.3 Å². The van der Waals surface area contributed by atoms with Crippen LogP contribution in [0.15, 0.2) is 78.6 Å². The first-order valence-corrected chi connectivity index (χ1v) is 9.94. The normalized spacial score (nSPS) is 11.7. The molecule has 5 N–H and O–H groups in total. The van der Waals surface area contributed by atoms with E-state index in [0.29, 0.717) is 15.5 Å². The Morgan fingerprint density at radius 3 is 2.63 bits per heavy atom. The standard InChI is InChI=1S/C22H17F3N8O2/c23-22(24,25)20-16(11-29-33(20)19-12-28-10-13-3-1-2-4-15(13)19)21(34)30-14-5-6-18(17(9-14)31-35)32(27)8-7-26/h1-12H,26-27H2,(H,30,34)/b8-7-. The van der Waals surface area contributed by atoms with Gasteiger partial charge in [0.25, 0.3) is 5.91 Å². The molecule has 1 amide bonds. The number of carbonyl (C=O) groups excluding carboxylic acids is 1. The zero-order valence-electron chi connectivity index (χ0n) is 17.8. The second-order valence-electron chi connectivity index (χ2n) is 7.19. The van der Waals surface area contributed by atoms with Gasteiger partial charge in [0.15, 0.2) is 5.69 Å². The minimum atomic E-state index is -4.92. The monoisotopic (exact) mass is 482 g/mol.